The summed E-state index contributed by atoms with van der Waals surface area (Å²) in [5.41, 5.74) is 0.805. The van der Waals surface area contributed by atoms with Gasteiger partial charge in [0, 0.05) is 6.92 Å². The normalized spacial score (nSPS) is 14.9. The third kappa shape index (κ3) is 7.03. The van der Waals surface area contributed by atoms with Crippen LogP contribution in [0, 0.1) is 0 Å². The SMILES string of the molecule is CCCCCCCCOc1ccc(/C=C2/SC(NC(C)=O)=NC2=O)cc1OC. The molecule has 1 aromatic carbocycles. The van der Waals surface area contributed by atoms with Crippen LogP contribution in [0.3, 0.4) is 0 Å². The highest BCUT2D eigenvalue weighted by atomic mass is 32.2. The number of aliphatic imine (C=N–C) groups is 1. The average molecular weight is 405 g/mol. The summed E-state index contributed by atoms with van der Waals surface area (Å²) in [6.07, 6.45) is 8.99. The van der Waals surface area contributed by atoms with Gasteiger partial charge in [-0.25, -0.2) is 0 Å². The van der Waals surface area contributed by atoms with Crippen molar-refractivity contribution in [2.24, 2.45) is 4.99 Å². The van der Waals surface area contributed by atoms with Crippen LogP contribution < -0.4 is 14.8 Å². The van der Waals surface area contributed by atoms with Crippen LogP contribution in [0.15, 0.2) is 28.1 Å². The first-order valence-corrected chi connectivity index (χ1v) is 10.5. The number of amides is 2. The van der Waals surface area contributed by atoms with Crippen molar-refractivity contribution in [2.75, 3.05) is 13.7 Å². The Balaban J connectivity index is 1.92. The van der Waals surface area contributed by atoms with E-state index in [0.717, 1.165) is 23.7 Å². The number of amidine groups is 1. The van der Waals surface area contributed by atoms with Gasteiger partial charge in [0.15, 0.2) is 16.7 Å². The number of rotatable bonds is 10. The number of nitrogens with one attached hydrogen (secondary N) is 1. The fourth-order valence-electron chi connectivity index (χ4n) is 2.72. The van der Waals surface area contributed by atoms with Gasteiger partial charge in [-0.1, -0.05) is 45.1 Å². The minimum atomic E-state index is -0.365. The van der Waals surface area contributed by atoms with Crippen LogP contribution in [-0.2, 0) is 9.59 Å². The number of hydrogen-bond donors (Lipinski definition) is 1. The Bertz CT molecular complexity index is 759. The van der Waals surface area contributed by atoms with E-state index in [1.54, 1.807) is 13.2 Å². The van der Waals surface area contributed by atoms with Gasteiger partial charge >= 0.3 is 0 Å². The second-order valence-corrected chi connectivity index (χ2v) is 7.57. The number of carbonyl (C=O) groups excluding carboxylic acids is 2. The molecule has 7 heteroatoms. The zero-order valence-corrected chi connectivity index (χ0v) is 17.6. The van der Waals surface area contributed by atoms with E-state index < -0.39 is 0 Å². The van der Waals surface area contributed by atoms with Crippen LogP contribution in [0.2, 0.25) is 0 Å². The van der Waals surface area contributed by atoms with Crippen molar-refractivity contribution >= 4 is 34.8 Å². The minimum absolute atomic E-state index is 0.256. The molecule has 0 saturated carbocycles. The Morgan fingerprint density at radius 3 is 2.64 bits per heavy atom. The van der Waals surface area contributed by atoms with Crippen molar-refractivity contribution in [1.82, 2.24) is 5.32 Å². The minimum Gasteiger partial charge on any atom is -0.493 e. The van der Waals surface area contributed by atoms with E-state index in [4.69, 9.17) is 9.47 Å². The number of unbranched alkanes of at least 4 members (excludes halogenated alkanes) is 5. The van der Waals surface area contributed by atoms with Crippen molar-refractivity contribution in [2.45, 2.75) is 52.4 Å². The highest BCUT2D eigenvalue weighted by Gasteiger charge is 2.22. The van der Waals surface area contributed by atoms with Crippen LogP contribution in [-0.4, -0.2) is 30.7 Å². The molecule has 0 atom stereocenters. The number of methoxy groups -OCH3 is 1. The molecule has 1 N–H and O–H groups in total. The van der Waals surface area contributed by atoms with E-state index in [1.165, 1.54) is 39.0 Å². The summed E-state index contributed by atoms with van der Waals surface area (Å²) < 4.78 is 11.3. The summed E-state index contributed by atoms with van der Waals surface area (Å²) >= 11 is 1.14. The fourth-order valence-corrected chi connectivity index (χ4v) is 3.58. The third-order valence-electron chi connectivity index (χ3n) is 4.14. The molecule has 6 nitrogen and oxygen atoms in total. The summed E-state index contributed by atoms with van der Waals surface area (Å²) in [4.78, 5) is 27.4. The van der Waals surface area contributed by atoms with Crippen LogP contribution in [0.5, 0.6) is 11.5 Å². The van der Waals surface area contributed by atoms with Gasteiger partial charge in [-0.2, -0.15) is 4.99 Å². The molecular formula is C21H28N2O4S. The van der Waals surface area contributed by atoms with E-state index in [-0.39, 0.29) is 11.8 Å². The maximum absolute atomic E-state index is 12.0. The lowest BCUT2D eigenvalue weighted by molar-refractivity contribution is -0.117. The van der Waals surface area contributed by atoms with Gasteiger partial charge in [-0.05, 0) is 42.0 Å². The monoisotopic (exact) mass is 404 g/mol. The van der Waals surface area contributed by atoms with Gasteiger partial charge in [-0.15, -0.1) is 0 Å². The summed E-state index contributed by atoms with van der Waals surface area (Å²) in [6.45, 7) is 4.25. The van der Waals surface area contributed by atoms with Gasteiger partial charge in [0.1, 0.15) is 0 Å². The Labute approximate surface area is 170 Å². The smallest absolute Gasteiger partial charge is 0.286 e. The van der Waals surface area contributed by atoms with E-state index >= 15 is 0 Å². The van der Waals surface area contributed by atoms with Gasteiger partial charge in [0.05, 0.1) is 18.6 Å². The lowest BCUT2D eigenvalue weighted by atomic mass is 10.1. The molecule has 0 saturated heterocycles. The van der Waals surface area contributed by atoms with Crippen LogP contribution in [0.1, 0.15) is 57.9 Å². The van der Waals surface area contributed by atoms with Crippen LogP contribution in [0.25, 0.3) is 6.08 Å². The van der Waals surface area contributed by atoms with Crippen molar-refractivity contribution < 1.29 is 19.1 Å². The molecule has 0 radical (unpaired) electrons. The zero-order valence-electron chi connectivity index (χ0n) is 16.7. The summed E-state index contributed by atoms with van der Waals surface area (Å²) in [5, 5.41) is 2.83. The molecule has 2 rings (SSSR count). The first kappa shape index (κ1) is 22.0. The first-order valence-electron chi connectivity index (χ1n) is 9.64. The van der Waals surface area contributed by atoms with E-state index in [9.17, 15) is 9.59 Å². The van der Waals surface area contributed by atoms with E-state index in [1.807, 2.05) is 18.2 Å². The molecule has 152 valence electrons. The second kappa shape index (κ2) is 11.5. The second-order valence-electron chi connectivity index (χ2n) is 6.54. The standard InChI is InChI=1S/C21H28N2O4S/c1-4-5-6-7-8-9-12-27-17-11-10-16(13-18(17)26-3)14-19-20(25)23-21(28-19)22-15(2)24/h10-11,13-14H,4-9,12H2,1-3H3,(H,22,23,24,25)/b19-14+. The predicted molar refractivity (Wildman–Crippen MR) is 114 cm³/mol. The van der Waals surface area contributed by atoms with E-state index in [0.29, 0.717) is 28.2 Å². The molecule has 1 aromatic rings. The molecule has 0 aromatic heterocycles. The van der Waals surface area contributed by atoms with Gasteiger partial charge in [-0.3, -0.25) is 9.59 Å². The molecular weight excluding hydrogens is 376 g/mol. The Morgan fingerprint density at radius 2 is 1.93 bits per heavy atom. The van der Waals surface area contributed by atoms with E-state index in [2.05, 4.69) is 17.2 Å². The molecule has 1 aliphatic heterocycles. The zero-order chi connectivity index (χ0) is 20.4. The van der Waals surface area contributed by atoms with Crippen molar-refractivity contribution in [1.29, 1.82) is 0 Å². The molecule has 0 aliphatic carbocycles. The summed E-state index contributed by atoms with van der Waals surface area (Å²) in [6, 6.07) is 5.55. The molecule has 1 heterocycles. The number of thioether (sulfide) groups is 1. The fraction of sp³-hybridized carbons (Fsp3) is 0.476. The summed E-state index contributed by atoms with van der Waals surface area (Å²) in [7, 11) is 1.59. The molecule has 0 bridgehead atoms. The number of nitrogens with zero attached hydrogens (tertiary/aromatic N) is 1. The first-order chi connectivity index (χ1) is 13.5. The van der Waals surface area contributed by atoms with Gasteiger partial charge in [0.2, 0.25) is 5.91 Å². The number of hydrogen-bond acceptors (Lipinski definition) is 5. The van der Waals surface area contributed by atoms with Crippen LogP contribution >= 0.6 is 11.8 Å². The maximum atomic E-state index is 12.0. The predicted octanol–water partition coefficient (Wildman–Crippen LogP) is 4.54. The quantitative estimate of drug-likeness (QED) is 0.458. The highest BCUT2D eigenvalue weighted by Crippen LogP contribution is 2.32. The maximum Gasteiger partial charge on any atom is 0.286 e. The lowest BCUT2D eigenvalue weighted by Crippen LogP contribution is -2.23. The van der Waals surface area contributed by atoms with Crippen LogP contribution in [0.4, 0.5) is 0 Å². The third-order valence-corrected chi connectivity index (χ3v) is 5.04. The van der Waals surface area contributed by atoms with Gasteiger partial charge in [0.25, 0.3) is 5.91 Å². The largest absolute Gasteiger partial charge is 0.493 e. The number of ether oxygens (including phenoxy) is 2. The highest BCUT2D eigenvalue weighted by molar-refractivity contribution is 8.18. The molecule has 1 aliphatic rings. The molecule has 0 spiro atoms. The molecule has 28 heavy (non-hydrogen) atoms. The molecule has 0 unspecified atom stereocenters. The number of carbonyl (C=O) groups is 2. The Kier molecular flexibility index (Phi) is 9.07. The van der Waals surface area contributed by atoms with Crippen molar-refractivity contribution in [3.05, 3.63) is 28.7 Å². The topological polar surface area (TPSA) is 77.0 Å². The van der Waals surface area contributed by atoms with Crippen molar-refractivity contribution in [3.63, 3.8) is 0 Å². The number of benzene rings is 1. The Morgan fingerprint density at radius 1 is 1.18 bits per heavy atom. The molecule has 2 amide bonds. The lowest BCUT2D eigenvalue weighted by Gasteiger charge is -2.11. The summed E-state index contributed by atoms with van der Waals surface area (Å²) in [5.74, 6) is 0.697. The Hall–Kier alpha value is -2.28. The average Bonchev–Trinajstić information content (AvgIpc) is 2.99. The van der Waals surface area contributed by atoms with Crippen molar-refractivity contribution in [3.8, 4) is 11.5 Å². The molecule has 0 fully saturated rings. The van der Waals surface area contributed by atoms with Gasteiger partial charge < -0.3 is 14.8 Å².